The smallest absolute Gasteiger partial charge is 0.249 e. The van der Waals surface area contributed by atoms with Crippen LogP contribution in [0, 0.1) is 24.2 Å². The van der Waals surface area contributed by atoms with E-state index in [-0.39, 0.29) is 5.91 Å². The average Bonchev–Trinajstić information content (AvgIpc) is 3.07. The largest absolute Gasteiger partial charge is 0.462 e. The molecule has 0 fully saturated rings. The fraction of sp³-hybridized carbons (Fsp3) is 0.333. The maximum absolute atomic E-state index is 12.1. The van der Waals surface area contributed by atoms with Crippen LogP contribution in [0.15, 0.2) is 22.6 Å². The molecule has 0 saturated heterocycles. The molecule has 2 heterocycles. The zero-order valence-electron chi connectivity index (χ0n) is 13.2. The van der Waals surface area contributed by atoms with Crippen molar-refractivity contribution in [3.63, 3.8) is 0 Å². The van der Waals surface area contributed by atoms with Crippen molar-refractivity contribution in [2.24, 2.45) is 5.92 Å². The summed E-state index contributed by atoms with van der Waals surface area (Å²) in [6.45, 7) is 4.08. The van der Waals surface area contributed by atoms with E-state index in [4.69, 9.17) is 4.42 Å². The van der Waals surface area contributed by atoms with Gasteiger partial charge in [0.1, 0.15) is 22.6 Å². The van der Waals surface area contributed by atoms with Crippen molar-refractivity contribution in [3.8, 4) is 6.07 Å². The summed E-state index contributed by atoms with van der Waals surface area (Å²) in [5, 5.41) is 12.9. The summed E-state index contributed by atoms with van der Waals surface area (Å²) in [6.07, 6.45) is 6.08. The van der Waals surface area contributed by atoms with Gasteiger partial charge in [0, 0.05) is 11.0 Å². The number of hydrogen-bond donors (Lipinski definition) is 1. The van der Waals surface area contributed by atoms with Gasteiger partial charge < -0.3 is 9.73 Å². The fourth-order valence-electron chi connectivity index (χ4n) is 2.81. The van der Waals surface area contributed by atoms with E-state index < -0.39 is 0 Å². The van der Waals surface area contributed by atoms with Gasteiger partial charge >= 0.3 is 0 Å². The SMILES string of the molecule is Cc1ccc(C=CC(=O)Nc2sc3c(c2C#N)CCC(C)C3)o1. The summed E-state index contributed by atoms with van der Waals surface area (Å²) in [6, 6.07) is 5.91. The lowest BCUT2D eigenvalue weighted by atomic mass is 9.89. The molecule has 0 saturated carbocycles. The van der Waals surface area contributed by atoms with Crippen molar-refractivity contribution in [2.75, 3.05) is 5.32 Å². The molecule has 1 amide bonds. The number of carbonyl (C=O) groups excluding carboxylic acids is 1. The molecule has 1 unspecified atom stereocenters. The number of nitrogens with zero attached hydrogens (tertiary/aromatic N) is 1. The maximum atomic E-state index is 12.1. The second-order valence-corrected chi connectivity index (χ2v) is 7.04. The van der Waals surface area contributed by atoms with Gasteiger partial charge in [-0.15, -0.1) is 11.3 Å². The zero-order chi connectivity index (χ0) is 16.4. The molecule has 2 aromatic heterocycles. The predicted molar refractivity (Wildman–Crippen MR) is 91.3 cm³/mol. The summed E-state index contributed by atoms with van der Waals surface area (Å²) >= 11 is 1.53. The molecule has 1 aliphatic rings. The Hall–Kier alpha value is -2.32. The molecule has 23 heavy (non-hydrogen) atoms. The molecule has 1 atom stereocenters. The Morgan fingerprint density at radius 2 is 2.35 bits per heavy atom. The van der Waals surface area contributed by atoms with Gasteiger partial charge in [0.2, 0.25) is 5.91 Å². The summed E-state index contributed by atoms with van der Waals surface area (Å²) in [7, 11) is 0. The van der Waals surface area contributed by atoms with E-state index in [0.717, 1.165) is 30.6 Å². The number of anilines is 1. The molecule has 0 aromatic carbocycles. The highest BCUT2D eigenvalue weighted by atomic mass is 32.1. The van der Waals surface area contributed by atoms with E-state index in [1.807, 2.05) is 19.1 Å². The number of nitrogens with one attached hydrogen (secondary N) is 1. The summed E-state index contributed by atoms with van der Waals surface area (Å²) in [5.41, 5.74) is 1.75. The number of carbonyl (C=O) groups is 1. The third kappa shape index (κ3) is 3.38. The van der Waals surface area contributed by atoms with Crippen molar-refractivity contribution in [1.82, 2.24) is 0 Å². The summed E-state index contributed by atoms with van der Waals surface area (Å²) in [5.74, 6) is 1.83. The summed E-state index contributed by atoms with van der Waals surface area (Å²) in [4.78, 5) is 13.3. The Balaban J connectivity index is 1.76. The lowest BCUT2D eigenvalue weighted by Crippen LogP contribution is -2.10. The molecule has 2 aromatic rings. The molecule has 3 rings (SSSR count). The standard InChI is InChI=1S/C18H18N2O2S/c1-11-3-7-14-15(10-19)18(23-16(14)9-11)20-17(21)8-6-13-5-4-12(2)22-13/h4-6,8,11H,3,7,9H2,1-2H3,(H,20,21). The minimum absolute atomic E-state index is 0.248. The van der Waals surface area contributed by atoms with Crippen molar-refractivity contribution in [2.45, 2.75) is 33.1 Å². The maximum Gasteiger partial charge on any atom is 0.249 e. The molecule has 118 valence electrons. The predicted octanol–water partition coefficient (Wildman–Crippen LogP) is 4.30. The van der Waals surface area contributed by atoms with E-state index in [1.165, 1.54) is 22.3 Å². The minimum atomic E-state index is -0.248. The van der Waals surface area contributed by atoms with Gasteiger partial charge in [-0.2, -0.15) is 5.26 Å². The average molecular weight is 326 g/mol. The number of hydrogen-bond acceptors (Lipinski definition) is 4. The Bertz CT molecular complexity index is 808. The first kappa shape index (κ1) is 15.6. The molecular formula is C18H18N2O2S. The molecule has 0 aliphatic heterocycles. The van der Waals surface area contributed by atoms with Crippen molar-refractivity contribution >= 4 is 28.3 Å². The van der Waals surface area contributed by atoms with Crippen LogP contribution in [-0.2, 0) is 17.6 Å². The Morgan fingerprint density at radius 3 is 3.04 bits per heavy atom. The number of nitriles is 1. The van der Waals surface area contributed by atoms with Crippen LogP contribution < -0.4 is 5.32 Å². The molecular weight excluding hydrogens is 308 g/mol. The summed E-state index contributed by atoms with van der Waals surface area (Å²) < 4.78 is 5.39. The third-order valence-electron chi connectivity index (χ3n) is 4.02. The van der Waals surface area contributed by atoms with E-state index >= 15 is 0 Å². The van der Waals surface area contributed by atoms with Crippen LogP contribution in [0.3, 0.4) is 0 Å². The number of amides is 1. The number of aryl methyl sites for hydroxylation is 1. The van der Waals surface area contributed by atoms with Crippen LogP contribution in [0.4, 0.5) is 5.00 Å². The van der Waals surface area contributed by atoms with Crippen LogP contribution in [0.2, 0.25) is 0 Å². The van der Waals surface area contributed by atoms with Crippen molar-refractivity contribution in [3.05, 3.63) is 45.7 Å². The van der Waals surface area contributed by atoms with Gasteiger partial charge in [-0.3, -0.25) is 4.79 Å². The van der Waals surface area contributed by atoms with Gasteiger partial charge in [0.25, 0.3) is 0 Å². The highest BCUT2D eigenvalue weighted by Gasteiger charge is 2.24. The van der Waals surface area contributed by atoms with Crippen molar-refractivity contribution < 1.29 is 9.21 Å². The normalized spacial score (nSPS) is 17.0. The van der Waals surface area contributed by atoms with Crippen molar-refractivity contribution in [1.29, 1.82) is 5.26 Å². The quantitative estimate of drug-likeness (QED) is 0.855. The highest BCUT2D eigenvalue weighted by molar-refractivity contribution is 7.16. The van der Waals surface area contributed by atoms with Gasteiger partial charge in [-0.25, -0.2) is 0 Å². The number of thiophene rings is 1. The Morgan fingerprint density at radius 1 is 1.52 bits per heavy atom. The molecule has 1 N–H and O–H groups in total. The van der Waals surface area contributed by atoms with E-state index in [1.54, 1.807) is 6.08 Å². The minimum Gasteiger partial charge on any atom is -0.462 e. The topological polar surface area (TPSA) is 66.0 Å². The molecule has 5 heteroatoms. The number of fused-ring (bicyclic) bond motifs is 1. The lowest BCUT2D eigenvalue weighted by Gasteiger charge is -2.17. The first-order valence-electron chi connectivity index (χ1n) is 7.67. The van der Waals surface area contributed by atoms with Crippen LogP contribution in [0.1, 0.15) is 40.9 Å². The Kier molecular flexibility index (Phi) is 4.35. The fourth-order valence-corrected chi connectivity index (χ4v) is 4.18. The number of rotatable bonds is 3. The zero-order valence-corrected chi connectivity index (χ0v) is 14.0. The highest BCUT2D eigenvalue weighted by Crippen LogP contribution is 2.39. The van der Waals surface area contributed by atoms with Crippen LogP contribution in [-0.4, -0.2) is 5.91 Å². The lowest BCUT2D eigenvalue weighted by molar-refractivity contribution is -0.111. The first-order valence-corrected chi connectivity index (χ1v) is 8.48. The number of furan rings is 1. The molecule has 1 aliphatic carbocycles. The molecule has 0 spiro atoms. The van der Waals surface area contributed by atoms with Gasteiger partial charge in [0.15, 0.2) is 0 Å². The second kappa shape index (κ2) is 6.43. The molecule has 0 bridgehead atoms. The van der Waals surface area contributed by atoms with E-state index in [0.29, 0.717) is 22.2 Å². The van der Waals surface area contributed by atoms with Gasteiger partial charge in [-0.05, 0) is 55.9 Å². The van der Waals surface area contributed by atoms with E-state index in [2.05, 4.69) is 18.3 Å². The van der Waals surface area contributed by atoms with Crippen LogP contribution in [0.25, 0.3) is 6.08 Å². The molecule has 0 radical (unpaired) electrons. The monoisotopic (exact) mass is 326 g/mol. The van der Waals surface area contributed by atoms with Gasteiger partial charge in [-0.1, -0.05) is 6.92 Å². The Labute approximate surface area is 139 Å². The third-order valence-corrected chi connectivity index (χ3v) is 5.19. The first-order chi connectivity index (χ1) is 11.1. The van der Waals surface area contributed by atoms with Crippen LogP contribution in [0.5, 0.6) is 0 Å². The van der Waals surface area contributed by atoms with Gasteiger partial charge in [0.05, 0.1) is 5.56 Å². The van der Waals surface area contributed by atoms with E-state index in [9.17, 15) is 10.1 Å². The second-order valence-electron chi connectivity index (χ2n) is 5.94. The van der Waals surface area contributed by atoms with Crippen LogP contribution >= 0.6 is 11.3 Å². The molecule has 4 nitrogen and oxygen atoms in total.